The second kappa shape index (κ2) is 8.47. The van der Waals surface area contributed by atoms with Gasteiger partial charge >= 0.3 is 5.97 Å². The molecule has 3 aromatic rings. The average molecular weight is 361 g/mol. The van der Waals surface area contributed by atoms with Crippen molar-refractivity contribution in [1.82, 2.24) is 4.98 Å². The number of aryl methyl sites for hydroxylation is 1. The van der Waals surface area contributed by atoms with Crippen molar-refractivity contribution in [3.63, 3.8) is 0 Å². The van der Waals surface area contributed by atoms with Crippen molar-refractivity contribution < 1.29 is 9.90 Å². The average Bonchev–Trinajstić information content (AvgIpc) is 3.07. The second-order valence-electron chi connectivity index (χ2n) is 6.53. The number of rotatable bonds is 7. The Morgan fingerprint density at radius 3 is 2.63 bits per heavy atom. The number of aromatic nitrogens is 1. The van der Waals surface area contributed by atoms with Crippen LogP contribution in [0, 0.1) is 6.92 Å². The summed E-state index contributed by atoms with van der Waals surface area (Å²) in [7, 11) is 0. The number of carboxylic acid groups (broad SMARTS) is 1. The van der Waals surface area contributed by atoms with Crippen LogP contribution in [0.4, 0.5) is 0 Å². The molecule has 2 aromatic carbocycles. The van der Waals surface area contributed by atoms with Crippen LogP contribution in [0.2, 0.25) is 0 Å². The fourth-order valence-electron chi connectivity index (χ4n) is 2.92. The molecule has 0 saturated heterocycles. The predicted molar refractivity (Wildman–Crippen MR) is 109 cm³/mol. The molecule has 0 saturated carbocycles. The summed E-state index contributed by atoms with van der Waals surface area (Å²) in [4.78, 5) is 18.9. The Bertz CT molecular complexity index is 998. The standard InChI is InChI=1S/C22H23N3O2/c1-15-4-6-16(7-5-15)3-2-10-24-21(22(26)27)12-18-14-25-20-11-17(13-23)8-9-19(18)20/h2,4-11,14,25H,3,12-13,23H2,1H3,(H,26,27). The van der Waals surface area contributed by atoms with Crippen molar-refractivity contribution in [2.24, 2.45) is 10.7 Å². The Balaban J connectivity index is 1.73. The first-order chi connectivity index (χ1) is 13.1. The van der Waals surface area contributed by atoms with Crippen LogP contribution in [-0.4, -0.2) is 21.8 Å². The molecule has 1 heterocycles. The maximum absolute atomic E-state index is 11.6. The summed E-state index contributed by atoms with van der Waals surface area (Å²) in [6.07, 6.45) is 6.25. The third kappa shape index (κ3) is 4.71. The quantitative estimate of drug-likeness (QED) is 0.560. The number of carboxylic acids is 1. The Labute approximate surface area is 158 Å². The molecule has 5 heteroatoms. The van der Waals surface area contributed by atoms with E-state index in [1.165, 1.54) is 5.56 Å². The van der Waals surface area contributed by atoms with E-state index in [-0.39, 0.29) is 12.1 Å². The number of fused-ring (bicyclic) bond motifs is 1. The number of aromatic amines is 1. The van der Waals surface area contributed by atoms with E-state index in [4.69, 9.17) is 5.73 Å². The van der Waals surface area contributed by atoms with E-state index >= 15 is 0 Å². The van der Waals surface area contributed by atoms with E-state index in [0.717, 1.165) is 27.6 Å². The number of carbonyl (C=O) groups is 1. The number of hydrogen-bond donors (Lipinski definition) is 3. The number of H-pyrrole nitrogens is 1. The number of hydrogen-bond acceptors (Lipinski definition) is 3. The zero-order chi connectivity index (χ0) is 19.2. The molecule has 1 aromatic heterocycles. The number of benzene rings is 2. The summed E-state index contributed by atoms with van der Waals surface area (Å²) in [5.41, 5.74) is 11.0. The summed E-state index contributed by atoms with van der Waals surface area (Å²) >= 11 is 0. The van der Waals surface area contributed by atoms with Gasteiger partial charge in [-0.05, 0) is 36.1 Å². The minimum Gasteiger partial charge on any atom is -0.477 e. The van der Waals surface area contributed by atoms with Crippen LogP contribution >= 0.6 is 0 Å². The van der Waals surface area contributed by atoms with E-state index in [1.54, 1.807) is 6.20 Å². The van der Waals surface area contributed by atoms with Gasteiger partial charge in [0.25, 0.3) is 0 Å². The van der Waals surface area contributed by atoms with E-state index in [0.29, 0.717) is 13.0 Å². The molecule has 4 N–H and O–H groups in total. The highest BCUT2D eigenvalue weighted by Gasteiger charge is 2.13. The monoisotopic (exact) mass is 361 g/mol. The molecule has 0 unspecified atom stereocenters. The summed E-state index contributed by atoms with van der Waals surface area (Å²) in [6, 6.07) is 14.1. The van der Waals surface area contributed by atoms with Crippen LogP contribution < -0.4 is 5.73 Å². The van der Waals surface area contributed by atoms with Crippen molar-refractivity contribution >= 4 is 22.6 Å². The fourth-order valence-corrected chi connectivity index (χ4v) is 2.92. The maximum Gasteiger partial charge on any atom is 0.350 e. The number of allylic oxidation sites excluding steroid dienone is 1. The van der Waals surface area contributed by atoms with E-state index in [9.17, 15) is 9.90 Å². The van der Waals surface area contributed by atoms with Gasteiger partial charge in [0.15, 0.2) is 0 Å². The number of aliphatic carboxylic acids is 1. The van der Waals surface area contributed by atoms with Gasteiger partial charge in [-0.1, -0.05) is 48.0 Å². The third-order valence-corrected chi connectivity index (χ3v) is 4.48. The lowest BCUT2D eigenvalue weighted by atomic mass is 10.1. The predicted octanol–water partition coefficient (Wildman–Crippen LogP) is 3.76. The van der Waals surface area contributed by atoms with Crippen molar-refractivity contribution in [2.45, 2.75) is 26.3 Å². The first kappa shape index (κ1) is 18.6. The fraction of sp³-hybridized carbons (Fsp3) is 0.182. The van der Waals surface area contributed by atoms with E-state index < -0.39 is 5.97 Å². The van der Waals surface area contributed by atoms with Crippen LogP contribution in [-0.2, 0) is 24.2 Å². The molecule has 0 aliphatic rings. The smallest absolute Gasteiger partial charge is 0.350 e. The number of nitrogens with zero attached hydrogens (tertiary/aromatic N) is 1. The molecule has 3 rings (SSSR count). The van der Waals surface area contributed by atoms with Crippen LogP contribution in [0.1, 0.15) is 22.3 Å². The van der Waals surface area contributed by atoms with Crippen LogP contribution in [0.15, 0.2) is 65.9 Å². The van der Waals surface area contributed by atoms with Gasteiger partial charge in [-0.3, -0.25) is 4.99 Å². The molecule has 5 nitrogen and oxygen atoms in total. The first-order valence-electron chi connectivity index (χ1n) is 8.86. The molecule has 138 valence electrons. The molecule has 0 atom stereocenters. The summed E-state index contributed by atoms with van der Waals surface area (Å²) in [6.45, 7) is 2.52. The molecule has 0 aliphatic carbocycles. The number of nitrogens with two attached hydrogens (primary N) is 1. The molecule has 0 radical (unpaired) electrons. The maximum atomic E-state index is 11.6. The molecule has 0 fully saturated rings. The van der Waals surface area contributed by atoms with Gasteiger partial charge in [-0.25, -0.2) is 4.79 Å². The van der Waals surface area contributed by atoms with Crippen molar-refractivity contribution in [3.05, 3.63) is 83.2 Å². The van der Waals surface area contributed by atoms with Gasteiger partial charge in [-0.15, -0.1) is 0 Å². The summed E-state index contributed by atoms with van der Waals surface area (Å²) < 4.78 is 0. The number of nitrogens with one attached hydrogen (secondary N) is 1. The summed E-state index contributed by atoms with van der Waals surface area (Å²) in [5, 5.41) is 10.5. The SMILES string of the molecule is Cc1ccc(CC=CN=C(Cc2c[nH]c3cc(CN)ccc23)C(=O)O)cc1. The van der Waals surface area contributed by atoms with Crippen LogP contribution in [0.3, 0.4) is 0 Å². The Morgan fingerprint density at radius 1 is 1.19 bits per heavy atom. The van der Waals surface area contributed by atoms with Gasteiger partial charge in [0, 0.05) is 36.3 Å². The lowest BCUT2D eigenvalue weighted by molar-refractivity contribution is -0.129. The molecule has 0 bridgehead atoms. The second-order valence-corrected chi connectivity index (χ2v) is 6.53. The lowest BCUT2D eigenvalue weighted by Crippen LogP contribution is -2.15. The van der Waals surface area contributed by atoms with Crippen LogP contribution in [0.5, 0.6) is 0 Å². The highest BCUT2D eigenvalue weighted by atomic mass is 16.4. The van der Waals surface area contributed by atoms with Gasteiger partial charge in [0.1, 0.15) is 5.71 Å². The largest absolute Gasteiger partial charge is 0.477 e. The Morgan fingerprint density at radius 2 is 1.93 bits per heavy atom. The molecule has 0 amide bonds. The molecular weight excluding hydrogens is 338 g/mol. The molecule has 0 spiro atoms. The van der Waals surface area contributed by atoms with Crippen molar-refractivity contribution in [1.29, 1.82) is 0 Å². The first-order valence-corrected chi connectivity index (χ1v) is 8.86. The van der Waals surface area contributed by atoms with E-state index in [1.807, 2.05) is 37.4 Å². The summed E-state index contributed by atoms with van der Waals surface area (Å²) in [5.74, 6) is -1.01. The Hall–Kier alpha value is -3.18. The lowest BCUT2D eigenvalue weighted by Gasteiger charge is -2.01. The highest BCUT2D eigenvalue weighted by molar-refractivity contribution is 6.36. The molecule has 0 aliphatic heterocycles. The Kier molecular flexibility index (Phi) is 5.84. The van der Waals surface area contributed by atoms with Crippen molar-refractivity contribution in [3.8, 4) is 0 Å². The minimum absolute atomic E-state index is 0.110. The molecular formula is C22H23N3O2. The zero-order valence-electron chi connectivity index (χ0n) is 15.3. The van der Waals surface area contributed by atoms with E-state index in [2.05, 4.69) is 34.2 Å². The minimum atomic E-state index is -1.01. The zero-order valence-corrected chi connectivity index (χ0v) is 15.3. The van der Waals surface area contributed by atoms with Gasteiger partial charge in [0.2, 0.25) is 0 Å². The van der Waals surface area contributed by atoms with Gasteiger partial charge < -0.3 is 15.8 Å². The van der Waals surface area contributed by atoms with Gasteiger partial charge in [0.05, 0.1) is 0 Å². The topological polar surface area (TPSA) is 91.5 Å². The number of aliphatic imine (C=N–C) groups is 1. The van der Waals surface area contributed by atoms with Crippen LogP contribution in [0.25, 0.3) is 10.9 Å². The van der Waals surface area contributed by atoms with Gasteiger partial charge in [-0.2, -0.15) is 0 Å². The molecule has 27 heavy (non-hydrogen) atoms. The third-order valence-electron chi connectivity index (χ3n) is 4.48. The van der Waals surface area contributed by atoms with Crippen molar-refractivity contribution in [2.75, 3.05) is 0 Å². The normalized spacial score (nSPS) is 12.1. The highest BCUT2D eigenvalue weighted by Crippen LogP contribution is 2.20.